The highest BCUT2D eigenvalue weighted by Crippen LogP contribution is 2.51. The average Bonchev–Trinajstić information content (AvgIpc) is 3.31. The molecule has 0 aliphatic carbocycles. The summed E-state index contributed by atoms with van der Waals surface area (Å²) >= 11 is 0. The number of carbonyl (C=O) groups excluding carboxylic acids is 4. The number of benzene rings is 9. The standard InChI is InChI=1S/C52H36O8/c1-57-49(53)33-16-8-29(9-17-33)38-26-37-6-5-7-41-45(37)44(27-38)46-39(30-10-18-34(19-11-30)50(54)58-2)24-25-40-42(31-12-20-35(21-13-31)51(55)59-3)28-43(47(41)48(40)46)32-14-22-36(23-15-32)52(56)60-4/h5-28H,1-4H3. The van der Waals surface area contributed by atoms with Crippen LogP contribution in [-0.2, 0) is 18.9 Å². The Hall–Kier alpha value is -7.84. The van der Waals surface area contributed by atoms with Crippen molar-refractivity contribution in [1.29, 1.82) is 0 Å². The molecule has 0 saturated heterocycles. The van der Waals surface area contributed by atoms with Crippen molar-refractivity contribution >= 4 is 67.0 Å². The van der Waals surface area contributed by atoms with Crippen LogP contribution in [0.4, 0.5) is 0 Å². The minimum absolute atomic E-state index is 0.405. The van der Waals surface area contributed by atoms with E-state index < -0.39 is 23.9 Å². The van der Waals surface area contributed by atoms with Gasteiger partial charge in [-0.2, -0.15) is 0 Å². The normalized spacial score (nSPS) is 11.3. The van der Waals surface area contributed by atoms with Crippen molar-refractivity contribution < 1.29 is 38.1 Å². The van der Waals surface area contributed by atoms with Gasteiger partial charge in [0.2, 0.25) is 0 Å². The minimum atomic E-state index is -0.424. The molecule has 9 aromatic carbocycles. The van der Waals surface area contributed by atoms with Gasteiger partial charge < -0.3 is 18.9 Å². The molecule has 0 bridgehead atoms. The van der Waals surface area contributed by atoms with E-state index in [-0.39, 0.29) is 0 Å². The van der Waals surface area contributed by atoms with Crippen LogP contribution in [0, 0.1) is 0 Å². The lowest BCUT2D eigenvalue weighted by Gasteiger charge is -2.23. The van der Waals surface area contributed by atoms with Gasteiger partial charge in [0.15, 0.2) is 0 Å². The summed E-state index contributed by atoms with van der Waals surface area (Å²) in [5, 5.41) is 8.21. The molecule has 0 heterocycles. The highest BCUT2D eigenvalue weighted by atomic mass is 16.5. The van der Waals surface area contributed by atoms with E-state index in [0.29, 0.717) is 22.3 Å². The van der Waals surface area contributed by atoms with Crippen LogP contribution in [0.5, 0.6) is 0 Å². The number of fused-ring (bicyclic) bond motifs is 2. The smallest absolute Gasteiger partial charge is 0.337 e. The molecule has 0 amide bonds. The lowest BCUT2D eigenvalue weighted by molar-refractivity contribution is 0.0592. The third kappa shape index (κ3) is 6.26. The molecule has 0 saturated carbocycles. The van der Waals surface area contributed by atoms with Crippen LogP contribution in [0.25, 0.3) is 87.6 Å². The molecule has 9 aromatic rings. The number of hydrogen-bond acceptors (Lipinski definition) is 8. The van der Waals surface area contributed by atoms with Gasteiger partial charge in [-0.25, -0.2) is 19.2 Å². The fourth-order valence-electron chi connectivity index (χ4n) is 8.41. The quantitative estimate of drug-likeness (QED) is 0.0648. The van der Waals surface area contributed by atoms with E-state index >= 15 is 0 Å². The van der Waals surface area contributed by atoms with Crippen LogP contribution in [0.1, 0.15) is 41.4 Å². The zero-order chi connectivity index (χ0) is 41.7. The maximum Gasteiger partial charge on any atom is 0.337 e. The second kappa shape index (κ2) is 15.2. The van der Waals surface area contributed by atoms with Crippen LogP contribution in [0.3, 0.4) is 0 Å². The summed E-state index contributed by atoms with van der Waals surface area (Å²) in [7, 11) is 5.46. The van der Waals surface area contributed by atoms with Gasteiger partial charge in [-0.05, 0) is 154 Å². The van der Waals surface area contributed by atoms with E-state index in [2.05, 4.69) is 48.5 Å². The summed E-state index contributed by atoms with van der Waals surface area (Å²) in [4.78, 5) is 49.9. The minimum Gasteiger partial charge on any atom is -0.465 e. The average molecular weight is 789 g/mol. The highest BCUT2D eigenvalue weighted by molar-refractivity contribution is 6.39. The molecule has 0 atom stereocenters. The molecule has 0 spiro atoms. The molecule has 292 valence electrons. The Balaban J connectivity index is 1.44. The molecule has 0 aliphatic heterocycles. The lowest BCUT2D eigenvalue weighted by Crippen LogP contribution is -2.01. The second-order valence-electron chi connectivity index (χ2n) is 14.5. The fraction of sp³-hybridized carbons (Fsp3) is 0.0769. The van der Waals surface area contributed by atoms with Crippen molar-refractivity contribution in [3.63, 3.8) is 0 Å². The van der Waals surface area contributed by atoms with Crippen LogP contribution in [-0.4, -0.2) is 52.3 Å². The van der Waals surface area contributed by atoms with Crippen molar-refractivity contribution in [1.82, 2.24) is 0 Å². The molecule has 0 radical (unpaired) electrons. The van der Waals surface area contributed by atoms with Gasteiger partial charge in [0.05, 0.1) is 50.7 Å². The van der Waals surface area contributed by atoms with Gasteiger partial charge in [-0.15, -0.1) is 0 Å². The molecule has 8 nitrogen and oxygen atoms in total. The number of esters is 4. The number of carbonyl (C=O) groups is 4. The first-order valence-corrected chi connectivity index (χ1v) is 19.2. The predicted octanol–water partition coefficient (Wildman–Crippen LogP) is 11.6. The van der Waals surface area contributed by atoms with E-state index in [0.717, 1.165) is 87.6 Å². The molecule has 9 rings (SSSR count). The highest BCUT2D eigenvalue weighted by Gasteiger charge is 2.24. The SMILES string of the molecule is COC(=O)c1ccc(-c2cc3cccc4c5c(-c6ccc(C(=O)OC)cc6)cc(-c6ccc(C(=O)OC)cc6)c6ccc(-c7ccc(C(=O)OC)cc7)c(c(c2)c34)c65)cc1. The number of rotatable bonds is 8. The Kier molecular flexibility index (Phi) is 9.53. The summed E-state index contributed by atoms with van der Waals surface area (Å²) in [6.45, 7) is 0. The molecular formula is C52H36O8. The summed E-state index contributed by atoms with van der Waals surface area (Å²) < 4.78 is 20.0. The maximum atomic E-state index is 12.6. The zero-order valence-corrected chi connectivity index (χ0v) is 33.1. The Bertz CT molecular complexity index is 3160. The van der Waals surface area contributed by atoms with Gasteiger partial charge in [-0.1, -0.05) is 78.9 Å². The van der Waals surface area contributed by atoms with E-state index in [1.165, 1.54) is 28.4 Å². The monoisotopic (exact) mass is 788 g/mol. The van der Waals surface area contributed by atoms with Gasteiger partial charge in [0, 0.05) is 0 Å². The number of methoxy groups -OCH3 is 4. The van der Waals surface area contributed by atoms with Crippen molar-refractivity contribution in [3.8, 4) is 44.5 Å². The first kappa shape index (κ1) is 37.7. The summed E-state index contributed by atoms with van der Waals surface area (Å²) in [5.74, 6) is -1.67. The van der Waals surface area contributed by atoms with E-state index in [1.54, 1.807) is 48.5 Å². The van der Waals surface area contributed by atoms with E-state index in [4.69, 9.17) is 18.9 Å². The van der Waals surface area contributed by atoms with Crippen LogP contribution >= 0.6 is 0 Å². The van der Waals surface area contributed by atoms with Crippen molar-refractivity contribution in [2.75, 3.05) is 28.4 Å². The van der Waals surface area contributed by atoms with Crippen molar-refractivity contribution in [2.24, 2.45) is 0 Å². The van der Waals surface area contributed by atoms with Crippen LogP contribution < -0.4 is 0 Å². The number of hydrogen-bond donors (Lipinski definition) is 0. The lowest BCUT2D eigenvalue weighted by atomic mass is 9.80. The molecule has 0 fully saturated rings. The Morgan fingerprint density at radius 2 is 0.750 bits per heavy atom. The largest absolute Gasteiger partial charge is 0.465 e. The third-order valence-electron chi connectivity index (χ3n) is 11.3. The second-order valence-corrected chi connectivity index (χ2v) is 14.5. The van der Waals surface area contributed by atoms with Gasteiger partial charge >= 0.3 is 23.9 Å². The van der Waals surface area contributed by atoms with Crippen LogP contribution in [0.2, 0.25) is 0 Å². The fourth-order valence-corrected chi connectivity index (χ4v) is 8.41. The maximum absolute atomic E-state index is 12.6. The zero-order valence-electron chi connectivity index (χ0n) is 33.1. The molecule has 60 heavy (non-hydrogen) atoms. The van der Waals surface area contributed by atoms with Gasteiger partial charge in [-0.3, -0.25) is 0 Å². The van der Waals surface area contributed by atoms with Crippen molar-refractivity contribution in [2.45, 2.75) is 0 Å². The number of ether oxygens (including phenoxy) is 4. The summed E-state index contributed by atoms with van der Waals surface area (Å²) in [6, 6.07) is 46.9. The van der Waals surface area contributed by atoms with Gasteiger partial charge in [0.1, 0.15) is 0 Å². The van der Waals surface area contributed by atoms with Gasteiger partial charge in [0.25, 0.3) is 0 Å². The van der Waals surface area contributed by atoms with Crippen molar-refractivity contribution in [3.05, 3.63) is 168 Å². The topological polar surface area (TPSA) is 105 Å². The van der Waals surface area contributed by atoms with E-state index in [9.17, 15) is 19.2 Å². The molecule has 0 N–H and O–H groups in total. The predicted molar refractivity (Wildman–Crippen MR) is 235 cm³/mol. The Morgan fingerprint density at radius 1 is 0.317 bits per heavy atom. The summed E-state index contributed by atoms with van der Waals surface area (Å²) in [6.07, 6.45) is 0. The first-order chi connectivity index (χ1) is 29.2. The third-order valence-corrected chi connectivity index (χ3v) is 11.3. The first-order valence-electron chi connectivity index (χ1n) is 19.2. The Morgan fingerprint density at radius 3 is 1.23 bits per heavy atom. The Labute approximate surface area is 344 Å². The molecule has 0 aromatic heterocycles. The summed E-state index contributed by atoms with van der Waals surface area (Å²) in [5.41, 5.74) is 9.22. The molecule has 0 aliphatic rings. The van der Waals surface area contributed by atoms with E-state index in [1.807, 2.05) is 48.5 Å². The molecular weight excluding hydrogens is 753 g/mol. The van der Waals surface area contributed by atoms with Crippen LogP contribution in [0.15, 0.2) is 146 Å². The molecule has 0 unspecified atom stereocenters. The molecule has 8 heteroatoms.